The van der Waals surface area contributed by atoms with E-state index in [9.17, 15) is 28.8 Å². The van der Waals surface area contributed by atoms with Gasteiger partial charge in [0.1, 0.15) is 25.4 Å². The van der Waals surface area contributed by atoms with E-state index >= 15 is 0 Å². The fraction of sp³-hybridized carbons (Fsp3) is 0.600. The van der Waals surface area contributed by atoms with Gasteiger partial charge in [0.05, 0.1) is 0 Å². The minimum absolute atomic E-state index is 0.175. The Morgan fingerprint density at radius 1 is 0.758 bits per heavy atom. The standard InChI is InChI=1S/C20H27NO12/c1-10(22)28-8-6-7-16(27)21-17-19(31-13(4)25)18(30-12(3)24)15(9-29-11(2)23)33-20(17)32-14(5)26/h6-7,15,17-20H,8-9H2,1-5H3,(H,21,27)/b7-6+/t15-,17-,18-,19-,20-/m1/s1. The summed E-state index contributed by atoms with van der Waals surface area (Å²) in [6, 6.07) is -1.32. The largest absolute Gasteiger partial charge is 0.463 e. The van der Waals surface area contributed by atoms with Gasteiger partial charge in [-0.25, -0.2) is 0 Å². The highest BCUT2D eigenvalue weighted by Gasteiger charge is 2.52. The molecule has 0 radical (unpaired) electrons. The first kappa shape index (κ1) is 27.6. The number of carbonyl (C=O) groups is 6. The molecule has 0 aromatic carbocycles. The third-order valence-electron chi connectivity index (χ3n) is 3.94. The maximum Gasteiger partial charge on any atom is 0.305 e. The van der Waals surface area contributed by atoms with Gasteiger partial charge in [0, 0.05) is 40.7 Å². The number of ether oxygens (including phenoxy) is 6. The molecule has 0 unspecified atom stereocenters. The Kier molecular flexibility index (Phi) is 11.0. The van der Waals surface area contributed by atoms with Crippen molar-refractivity contribution in [1.82, 2.24) is 5.32 Å². The highest BCUT2D eigenvalue weighted by atomic mass is 16.7. The van der Waals surface area contributed by atoms with Gasteiger partial charge in [0.2, 0.25) is 12.2 Å². The molecule has 1 aliphatic rings. The number of nitrogens with one attached hydrogen (secondary N) is 1. The highest BCUT2D eigenvalue weighted by Crippen LogP contribution is 2.28. The van der Waals surface area contributed by atoms with Gasteiger partial charge in [-0.15, -0.1) is 0 Å². The van der Waals surface area contributed by atoms with Crippen molar-refractivity contribution in [2.75, 3.05) is 13.2 Å². The van der Waals surface area contributed by atoms with Crippen LogP contribution in [0.5, 0.6) is 0 Å². The summed E-state index contributed by atoms with van der Waals surface area (Å²) in [4.78, 5) is 69.6. The van der Waals surface area contributed by atoms with Crippen LogP contribution >= 0.6 is 0 Å². The molecule has 0 spiro atoms. The van der Waals surface area contributed by atoms with Crippen LogP contribution in [0.2, 0.25) is 0 Å². The van der Waals surface area contributed by atoms with Crippen molar-refractivity contribution in [1.29, 1.82) is 0 Å². The van der Waals surface area contributed by atoms with Crippen molar-refractivity contribution >= 4 is 35.8 Å². The Bertz CT molecular complexity index is 792. The van der Waals surface area contributed by atoms with E-state index in [1.165, 1.54) is 13.0 Å². The normalized spacial score (nSPS) is 24.3. The van der Waals surface area contributed by atoms with Gasteiger partial charge in [0.15, 0.2) is 12.2 Å². The van der Waals surface area contributed by atoms with E-state index in [0.717, 1.165) is 33.8 Å². The topological polar surface area (TPSA) is 170 Å². The molecule has 13 nitrogen and oxygen atoms in total. The van der Waals surface area contributed by atoms with Crippen molar-refractivity contribution < 1.29 is 57.2 Å². The van der Waals surface area contributed by atoms with Crippen molar-refractivity contribution in [2.24, 2.45) is 0 Å². The Morgan fingerprint density at radius 3 is 1.82 bits per heavy atom. The number of amides is 1. The van der Waals surface area contributed by atoms with E-state index in [4.69, 9.17) is 23.7 Å². The van der Waals surface area contributed by atoms with Gasteiger partial charge in [-0.3, -0.25) is 28.8 Å². The second kappa shape index (κ2) is 13.2. The molecule has 5 atom stereocenters. The molecule has 1 saturated heterocycles. The van der Waals surface area contributed by atoms with Crippen LogP contribution in [-0.2, 0) is 57.2 Å². The van der Waals surface area contributed by atoms with E-state index in [-0.39, 0.29) is 6.61 Å². The first-order valence-corrected chi connectivity index (χ1v) is 9.81. The van der Waals surface area contributed by atoms with Crippen LogP contribution in [-0.4, -0.2) is 79.6 Å². The van der Waals surface area contributed by atoms with Crippen molar-refractivity contribution in [3.63, 3.8) is 0 Å². The molecule has 0 aromatic heterocycles. The van der Waals surface area contributed by atoms with E-state index in [1.54, 1.807) is 0 Å². The van der Waals surface area contributed by atoms with Crippen LogP contribution in [0.1, 0.15) is 34.6 Å². The quantitative estimate of drug-likeness (QED) is 0.254. The predicted octanol–water partition coefficient (Wildman–Crippen LogP) is -0.695. The molecule has 1 amide bonds. The molecule has 1 N–H and O–H groups in total. The number of rotatable bonds is 9. The summed E-state index contributed by atoms with van der Waals surface area (Å²) < 4.78 is 30.9. The van der Waals surface area contributed by atoms with Crippen LogP contribution in [0.25, 0.3) is 0 Å². The molecule has 1 rings (SSSR count). The third kappa shape index (κ3) is 10.1. The molecule has 1 aliphatic heterocycles. The van der Waals surface area contributed by atoms with E-state index in [1.807, 2.05) is 0 Å². The molecule has 13 heteroatoms. The fourth-order valence-electron chi connectivity index (χ4n) is 2.85. The summed E-state index contributed by atoms with van der Waals surface area (Å²) >= 11 is 0. The van der Waals surface area contributed by atoms with Crippen LogP contribution in [0, 0.1) is 0 Å². The lowest BCUT2D eigenvalue weighted by atomic mass is 9.96. The second-order valence-electron chi connectivity index (χ2n) is 6.84. The van der Waals surface area contributed by atoms with Gasteiger partial charge in [-0.05, 0) is 6.08 Å². The van der Waals surface area contributed by atoms with Gasteiger partial charge in [-0.1, -0.05) is 0 Å². The number of hydrogen-bond donors (Lipinski definition) is 1. The Hall–Kier alpha value is -3.48. The van der Waals surface area contributed by atoms with Gasteiger partial charge >= 0.3 is 29.8 Å². The summed E-state index contributed by atoms with van der Waals surface area (Å²) in [5.74, 6) is -4.31. The first-order chi connectivity index (χ1) is 15.4. The second-order valence-corrected chi connectivity index (χ2v) is 6.84. The van der Waals surface area contributed by atoms with Crippen molar-refractivity contribution in [3.05, 3.63) is 12.2 Å². The molecule has 0 bridgehead atoms. The predicted molar refractivity (Wildman–Crippen MR) is 106 cm³/mol. The fourth-order valence-corrected chi connectivity index (χ4v) is 2.85. The summed E-state index contributed by atoms with van der Waals surface area (Å²) in [6.45, 7) is 5.00. The third-order valence-corrected chi connectivity index (χ3v) is 3.94. The van der Waals surface area contributed by atoms with Crippen molar-refractivity contribution in [3.8, 4) is 0 Å². The van der Waals surface area contributed by atoms with Gasteiger partial charge < -0.3 is 33.7 Å². The van der Waals surface area contributed by atoms with E-state index in [0.29, 0.717) is 0 Å². The van der Waals surface area contributed by atoms with Gasteiger partial charge in [0.25, 0.3) is 0 Å². The van der Waals surface area contributed by atoms with Crippen LogP contribution in [0.15, 0.2) is 12.2 Å². The zero-order valence-electron chi connectivity index (χ0n) is 18.9. The molecule has 184 valence electrons. The molecular weight excluding hydrogens is 446 g/mol. The molecule has 1 fully saturated rings. The van der Waals surface area contributed by atoms with Gasteiger partial charge in [-0.2, -0.15) is 0 Å². The average Bonchev–Trinajstić information content (AvgIpc) is 2.67. The Morgan fingerprint density at radius 2 is 1.30 bits per heavy atom. The zero-order chi connectivity index (χ0) is 25.1. The number of carbonyl (C=O) groups excluding carboxylic acids is 6. The number of hydrogen-bond acceptors (Lipinski definition) is 12. The average molecular weight is 473 g/mol. The molecule has 0 saturated carbocycles. The maximum atomic E-state index is 12.4. The molecule has 0 aromatic rings. The first-order valence-electron chi connectivity index (χ1n) is 9.81. The van der Waals surface area contributed by atoms with Crippen LogP contribution < -0.4 is 5.32 Å². The summed E-state index contributed by atoms with van der Waals surface area (Å²) in [7, 11) is 0. The molecular formula is C20H27NO12. The SMILES string of the molecule is CC(=O)OC/C=C/C(=O)N[C@H]1[C@H](OC(C)=O)O[C@H](COC(C)=O)[C@@H](OC(C)=O)[C@@H]1OC(C)=O. The summed E-state index contributed by atoms with van der Waals surface area (Å²) in [5, 5.41) is 2.46. The minimum Gasteiger partial charge on any atom is -0.463 e. The lowest BCUT2D eigenvalue weighted by Crippen LogP contribution is -2.66. The van der Waals surface area contributed by atoms with Crippen LogP contribution in [0.3, 0.4) is 0 Å². The maximum absolute atomic E-state index is 12.4. The van der Waals surface area contributed by atoms with E-state index < -0.39 is 73.0 Å². The summed E-state index contributed by atoms with van der Waals surface area (Å²) in [5.41, 5.74) is 0. The highest BCUT2D eigenvalue weighted by molar-refractivity contribution is 5.88. The van der Waals surface area contributed by atoms with Crippen LogP contribution in [0.4, 0.5) is 0 Å². The monoisotopic (exact) mass is 473 g/mol. The summed E-state index contributed by atoms with van der Waals surface area (Å²) in [6.07, 6.45) is -3.12. The Labute approximate surface area is 189 Å². The smallest absolute Gasteiger partial charge is 0.305 e. The zero-order valence-corrected chi connectivity index (χ0v) is 18.9. The molecule has 1 heterocycles. The molecule has 0 aliphatic carbocycles. The Balaban J connectivity index is 3.25. The van der Waals surface area contributed by atoms with Crippen molar-refractivity contribution in [2.45, 2.75) is 65.3 Å². The minimum atomic E-state index is -1.50. The van der Waals surface area contributed by atoms with E-state index in [2.05, 4.69) is 10.1 Å². The lowest BCUT2D eigenvalue weighted by Gasteiger charge is -2.44. The molecule has 33 heavy (non-hydrogen) atoms. The number of esters is 5. The lowest BCUT2D eigenvalue weighted by molar-refractivity contribution is -0.270.